The fraction of sp³-hybridized carbons (Fsp3) is 0.529. The Morgan fingerprint density at radius 1 is 1.13 bits per heavy atom. The van der Waals surface area contributed by atoms with E-state index >= 15 is 0 Å². The lowest BCUT2D eigenvalue weighted by Crippen LogP contribution is -2.51. The molecule has 0 radical (unpaired) electrons. The SMILES string of the molecule is CN(Cc1ccccc1)C(=O)C(=O)N1CCC2(CC1)OCCO2. The summed E-state index contributed by atoms with van der Waals surface area (Å²) in [5.74, 6) is -1.45. The molecular weight excluding hydrogens is 296 g/mol. The number of rotatable bonds is 2. The van der Waals surface area contributed by atoms with E-state index in [0.29, 0.717) is 45.7 Å². The number of piperidine rings is 1. The molecule has 2 aliphatic rings. The van der Waals surface area contributed by atoms with Crippen molar-refractivity contribution in [2.24, 2.45) is 0 Å². The van der Waals surface area contributed by atoms with Crippen molar-refractivity contribution < 1.29 is 19.1 Å². The second-order valence-corrected chi connectivity index (χ2v) is 6.05. The fourth-order valence-electron chi connectivity index (χ4n) is 3.06. The summed E-state index contributed by atoms with van der Waals surface area (Å²) in [6.07, 6.45) is 1.24. The normalized spacial score (nSPS) is 19.8. The maximum atomic E-state index is 12.4. The molecule has 23 heavy (non-hydrogen) atoms. The maximum Gasteiger partial charge on any atom is 0.312 e. The highest BCUT2D eigenvalue weighted by atomic mass is 16.7. The second-order valence-electron chi connectivity index (χ2n) is 6.05. The van der Waals surface area contributed by atoms with Gasteiger partial charge in [-0.15, -0.1) is 0 Å². The standard InChI is InChI=1S/C17H22N2O4/c1-18(13-14-5-3-2-4-6-14)15(20)16(21)19-9-7-17(8-10-19)22-11-12-23-17/h2-6H,7-13H2,1H3. The van der Waals surface area contributed by atoms with E-state index in [1.807, 2.05) is 30.3 Å². The Morgan fingerprint density at radius 3 is 2.35 bits per heavy atom. The van der Waals surface area contributed by atoms with Gasteiger partial charge in [-0.3, -0.25) is 9.59 Å². The Morgan fingerprint density at radius 2 is 1.74 bits per heavy atom. The Bertz CT molecular complexity index is 559. The molecule has 1 aromatic rings. The third-order valence-electron chi connectivity index (χ3n) is 4.42. The molecule has 0 atom stereocenters. The number of likely N-dealkylation sites (tertiary alicyclic amines) is 1. The van der Waals surface area contributed by atoms with Crippen molar-refractivity contribution in [1.82, 2.24) is 9.80 Å². The quantitative estimate of drug-likeness (QED) is 0.764. The topological polar surface area (TPSA) is 59.1 Å². The van der Waals surface area contributed by atoms with Crippen LogP contribution in [0.25, 0.3) is 0 Å². The summed E-state index contributed by atoms with van der Waals surface area (Å²) in [5.41, 5.74) is 1.00. The first-order valence-electron chi connectivity index (χ1n) is 7.96. The van der Waals surface area contributed by atoms with Gasteiger partial charge in [-0.25, -0.2) is 0 Å². The summed E-state index contributed by atoms with van der Waals surface area (Å²) in [4.78, 5) is 27.8. The molecule has 0 unspecified atom stereocenters. The van der Waals surface area contributed by atoms with Crippen LogP contribution < -0.4 is 0 Å². The highest BCUT2D eigenvalue weighted by Crippen LogP contribution is 2.31. The molecule has 124 valence electrons. The molecule has 2 heterocycles. The largest absolute Gasteiger partial charge is 0.347 e. The Kier molecular flexibility index (Phi) is 4.63. The number of carbonyl (C=O) groups excluding carboxylic acids is 2. The van der Waals surface area contributed by atoms with E-state index < -0.39 is 17.6 Å². The smallest absolute Gasteiger partial charge is 0.312 e. The molecule has 0 aromatic heterocycles. The van der Waals surface area contributed by atoms with Gasteiger partial charge in [0.2, 0.25) is 0 Å². The Hall–Kier alpha value is -1.92. The predicted molar refractivity (Wildman–Crippen MR) is 83.4 cm³/mol. The van der Waals surface area contributed by atoms with Crippen molar-refractivity contribution >= 4 is 11.8 Å². The number of carbonyl (C=O) groups is 2. The summed E-state index contributed by atoms with van der Waals surface area (Å²) in [5, 5.41) is 0. The molecule has 2 saturated heterocycles. The van der Waals surface area contributed by atoms with Crippen LogP contribution in [-0.4, -0.2) is 60.8 Å². The highest BCUT2D eigenvalue weighted by molar-refractivity contribution is 6.34. The van der Waals surface area contributed by atoms with E-state index in [1.165, 1.54) is 4.90 Å². The minimum atomic E-state index is -0.532. The van der Waals surface area contributed by atoms with Crippen molar-refractivity contribution in [2.45, 2.75) is 25.2 Å². The van der Waals surface area contributed by atoms with E-state index in [9.17, 15) is 9.59 Å². The highest BCUT2D eigenvalue weighted by Gasteiger charge is 2.41. The van der Waals surface area contributed by atoms with Gasteiger partial charge < -0.3 is 19.3 Å². The number of benzene rings is 1. The van der Waals surface area contributed by atoms with Crippen LogP contribution in [-0.2, 0) is 25.6 Å². The number of ether oxygens (including phenoxy) is 2. The van der Waals surface area contributed by atoms with E-state index in [2.05, 4.69) is 0 Å². The lowest BCUT2D eigenvalue weighted by molar-refractivity contribution is -0.188. The van der Waals surface area contributed by atoms with Gasteiger partial charge in [0.25, 0.3) is 0 Å². The van der Waals surface area contributed by atoms with Crippen LogP contribution in [0.4, 0.5) is 0 Å². The number of hydrogen-bond acceptors (Lipinski definition) is 4. The molecule has 0 bridgehead atoms. The first-order valence-corrected chi connectivity index (χ1v) is 7.96. The van der Waals surface area contributed by atoms with Gasteiger partial charge in [-0.2, -0.15) is 0 Å². The van der Waals surface area contributed by atoms with Gasteiger partial charge in [-0.1, -0.05) is 30.3 Å². The van der Waals surface area contributed by atoms with Crippen molar-refractivity contribution in [3.05, 3.63) is 35.9 Å². The van der Waals surface area contributed by atoms with Crippen LogP contribution in [0.2, 0.25) is 0 Å². The van der Waals surface area contributed by atoms with Gasteiger partial charge in [0.05, 0.1) is 13.2 Å². The fourth-order valence-corrected chi connectivity index (χ4v) is 3.06. The monoisotopic (exact) mass is 318 g/mol. The minimum absolute atomic E-state index is 0.426. The molecule has 3 rings (SSSR count). The summed E-state index contributed by atoms with van der Waals surface area (Å²) < 4.78 is 11.3. The summed E-state index contributed by atoms with van der Waals surface area (Å²) in [7, 11) is 1.65. The molecule has 2 fully saturated rings. The molecular formula is C17H22N2O4. The van der Waals surface area contributed by atoms with E-state index in [4.69, 9.17) is 9.47 Å². The molecule has 0 aliphatic carbocycles. The second kappa shape index (κ2) is 6.68. The molecule has 6 nitrogen and oxygen atoms in total. The molecule has 1 aromatic carbocycles. The zero-order valence-corrected chi connectivity index (χ0v) is 13.4. The van der Waals surface area contributed by atoms with Crippen LogP contribution in [0.3, 0.4) is 0 Å². The molecule has 6 heteroatoms. The van der Waals surface area contributed by atoms with Crippen LogP contribution in [0.5, 0.6) is 0 Å². The van der Waals surface area contributed by atoms with E-state index in [1.54, 1.807) is 11.9 Å². The Balaban J connectivity index is 1.54. The lowest BCUT2D eigenvalue weighted by atomic mass is 10.0. The zero-order valence-electron chi connectivity index (χ0n) is 13.4. The average molecular weight is 318 g/mol. The average Bonchev–Trinajstić information content (AvgIpc) is 3.03. The minimum Gasteiger partial charge on any atom is -0.347 e. The van der Waals surface area contributed by atoms with Crippen molar-refractivity contribution in [3.8, 4) is 0 Å². The molecule has 0 saturated carbocycles. The summed E-state index contributed by atoms with van der Waals surface area (Å²) >= 11 is 0. The van der Waals surface area contributed by atoms with Crippen LogP contribution >= 0.6 is 0 Å². The van der Waals surface area contributed by atoms with E-state index in [-0.39, 0.29) is 0 Å². The van der Waals surface area contributed by atoms with Crippen molar-refractivity contribution in [3.63, 3.8) is 0 Å². The van der Waals surface area contributed by atoms with E-state index in [0.717, 1.165) is 5.56 Å². The molecule has 2 amide bonds. The number of hydrogen-bond donors (Lipinski definition) is 0. The molecule has 2 aliphatic heterocycles. The number of amides is 2. The van der Waals surface area contributed by atoms with Crippen molar-refractivity contribution in [2.75, 3.05) is 33.4 Å². The maximum absolute atomic E-state index is 12.4. The number of likely N-dealkylation sites (N-methyl/N-ethyl adjacent to an activating group) is 1. The third kappa shape index (κ3) is 3.54. The number of nitrogens with zero attached hydrogens (tertiary/aromatic N) is 2. The zero-order chi connectivity index (χ0) is 16.3. The van der Waals surface area contributed by atoms with Crippen LogP contribution in [0.15, 0.2) is 30.3 Å². The van der Waals surface area contributed by atoms with Crippen LogP contribution in [0.1, 0.15) is 18.4 Å². The molecule has 0 N–H and O–H groups in total. The van der Waals surface area contributed by atoms with Crippen molar-refractivity contribution in [1.29, 1.82) is 0 Å². The van der Waals surface area contributed by atoms with Gasteiger partial charge in [0.15, 0.2) is 5.79 Å². The first-order chi connectivity index (χ1) is 11.1. The Labute approximate surface area is 136 Å². The predicted octanol–water partition coefficient (Wildman–Crippen LogP) is 1.01. The summed E-state index contributed by atoms with van der Waals surface area (Å²) in [6, 6.07) is 9.64. The lowest BCUT2D eigenvalue weighted by Gasteiger charge is -2.37. The van der Waals surface area contributed by atoms with Crippen LogP contribution in [0, 0.1) is 0 Å². The third-order valence-corrected chi connectivity index (χ3v) is 4.42. The van der Waals surface area contributed by atoms with Gasteiger partial charge in [0, 0.05) is 39.5 Å². The van der Waals surface area contributed by atoms with Gasteiger partial charge in [-0.05, 0) is 5.56 Å². The van der Waals surface area contributed by atoms with Gasteiger partial charge in [0.1, 0.15) is 0 Å². The molecule has 1 spiro atoms. The first kappa shape index (κ1) is 16.0. The van der Waals surface area contributed by atoms with Gasteiger partial charge >= 0.3 is 11.8 Å². The summed E-state index contributed by atoms with van der Waals surface area (Å²) in [6.45, 7) is 2.61.